The molecule has 0 atom stereocenters. The number of benzene rings is 2. The van der Waals surface area contributed by atoms with E-state index in [1.54, 1.807) is 30.3 Å². The molecule has 1 aliphatic heterocycles. The number of anilines is 2. The molecule has 162 valence electrons. The molecule has 0 unspecified atom stereocenters. The molecule has 0 saturated heterocycles. The minimum atomic E-state index is -4.50. The quantitative estimate of drug-likeness (QED) is 0.632. The molecule has 31 heavy (non-hydrogen) atoms. The Morgan fingerprint density at radius 2 is 1.94 bits per heavy atom. The molecule has 2 aromatic rings. The van der Waals surface area contributed by atoms with Crippen molar-refractivity contribution in [2.24, 2.45) is 4.99 Å². The lowest BCUT2D eigenvalue weighted by Gasteiger charge is -2.16. The van der Waals surface area contributed by atoms with Gasteiger partial charge in [-0.15, -0.1) is 0 Å². The van der Waals surface area contributed by atoms with Gasteiger partial charge in [-0.05, 0) is 41.8 Å². The van der Waals surface area contributed by atoms with Gasteiger partial charge in [0.05, 0.1) is 11.1 Å². The molecule has 0 aromatic heterocycles. The van der Waals surface area contributed by atoms with Crippen LogP contribution in [0.4, 0.5) is 24.5 Å². The largest absolute Gasteiger partial charge is 0.416 e. The van der Waals surface area contributed by atoms with Crippen LogP contribution in [0.15, 0.2) is 59.1 Å². The number of carbonyl (C=O) groups excluding carboxylic acids is 2. The normalized spacial score (nSPS) is 13.7. The summed E-state index contributed by atoms with van der Waals surface area (Å²) >= 11 is 0. The van der Waals surface area contributed by atoms with Crippen LogP contribution >= 0.6 is 0 Å². The van der Waals surface area contributed by atoms with E-state index in [-0.39, 0.29) is 29.1 Å². The Kier molecular flexibility index (Phi) is 6.89. The fraction of sp³-hybridized carbons (Fsp3) is 0.261. The number of aliphatic imine (C=N–C) groups is 1. The summed E-state index contributed by atoms with van der Waals surface area (Å²) in [5.41, 5.74) is 1.15. The molecule has 0 saturated carbocycles. The Hall–Kier alpha value is -3.42. The standard InChI is InChI=1S/C23H22F3N3O2/c1-2-5-16-9-10-17(12-19(16)23(24,25)26)29-22(31)18-6-3-4-7-20(18)27-13-15-8-11-21(30)28-14-15/h3-4,6-10,12,14,27H,2,5,11,13H2,1H3,(H,29,31). The van der Waals surface area contributed by atoms with Crippen LogP contribution in [-0.4, -0.2) is 24.6 Å². The highest BCUT2D eigenvalue weighted by atomic mass is 19.4. The highest BCUT2D eigenvalue weighted by Gasteiger charge is 2.33. The first-order valence-electron chi connectivity index (χ1n) is 9.88. The van der Waals surface area contributed by atoms with Crippen molar-refractivity contribution in [3.05, 3.63) is 70.8 Å². The van der Waals surface area contributed by atoms with E-state index in [0.29, 0.717) is 25.1 Å². The van der Waals surface area contributed by atoms with E-state index in [2.05, 4.69) is 15.6 Å². The lowest BCUT2D eigenvalue weighted by molar-refractivity contribution is -0.138. The van der Waals surface area contributed by atoms with Crippen LogP contribution in [0.1, 0.15) is 41.3 Å². The number of para-hydroxylation sites is 1. The predicted octanol–water partition coefficient (Wildman–Crippen LogP) is 5.25. The van der Waals surface area contributed by atoms with Crippen molar-refractivity contribution in [3.8, 4) is 0 Å². The number of nitrogens with one attached hydrogen (secondary N) is 2. The van der Waals surface area contributed by atoms with E-state index in [1.165, 1.54) is 18.3 Å². The Morgan fingerprint density at radius 3 is 2.61 bits per heavy atom. The monoisotopic (exact) mass is 429 g/mol. The molecule has 8 heteroatoms. The molecular weight excluding hydrogens is 407 g/mol. The Bertz CT molecular complexity index is 1040. The number of aryl methyl sites for hydroxylation is 1. The van der Waals surface area contributed by atoms with E-state index in [4.69, 9.17) is 0 Å². The van der Waals surface area contributed by atoms with E-state index in [9.17, 15) is 22.8 Å². The minimum absolute atomic E-state index is 0.0765. The van der Waals surface area contributed by atoms with Crippen molar-refractivity contribution in [3.63, 3.8) is 0 Å². The van der Waals surface area contributed by atoms with Crippen molar-refractivity contribution in [1.82, 2.24) is 0 Å². The third kappa shape index (κ3) is 5.81. The van der Waals surface area contributed by atoms with E-state index in [0.717, 1.165) is 11.6 Å². The summed E-state index contributed by atoms with van der Waals surface area (Å²) in [5.74, 6) is -0.743. The topological polar surface area (TPSA) is 70.6 Å². The molecule has 0 radical (unpaired) electrons. The van der Waals surface area contributed by atoms with Crippen molar-refractivity contribution in [2.45, 2.75) is 32.4 Å². The lowest BCUT2D eigenvalue weighted by Crippen LogP contribution is -2.17. The Morgan fingerprint density at radius 1 is 1.16 bits per heavy atom. The summed E-state index contributed by atoms with van der Waals surface area (Å²) in [7, 11) is 0. The molecule has 2 aromatic carbocycles. The first-order valence-corrected chi connectivity index (χ1v) is 9.88. The van der Waals surface area contributed by atoms with Gasteiger partial charge in [0.25, 0.3) is 5.91 Å². The molecule has 3 rings (SSSR count). The summed E-state index contributed by atoms with van der Waals surface area (Å²) in [6.07, 6.45) is -0.157. The second-order valence-electron chi connectivity index (χ2n) is 7.11. The number of hydrogen-bond acceptors (Lipinski definition) is 3. The van der Waals surface area contributed by atoms with Gasteiger partial charge in [-0.1, -0.05) is 37.6 Å². The SMILES string of the molecule is CCCc1ccc(NC(=O)c2ccccc2NCC2=CCC(=O)N=C2)cc1C(F)(F)F. The summed E-state index contributed by atoms with van der Waals surface area (Å²) in [5, 5.41) is 5.67. The smallest absolute Gasteiger partial charge is 0.380 e. The summed E-state index contributed by atoms with van der Waals surface area (Å²) in [4.78, 5) is 27.7. The average Bonchev–Trinajstić information content (AvgIpc) is 2.74. The van der Waals surface area contributed by atoms with Gasteiger partial charge in [0.15, 0.2) is 0 Å². The van der Waals surface area contributed by atoms with Crippen LogP contribution < -0.4 is 10.6 Å². The maximum Gasteiger partial charge on any atom is 0.416 e. The highest BCUT2D eigenvalue weighted by molar-refractivity contribution is 6.08. The Balaban J connectivity index is 1.77. The molecule has 2 N–H and O–H groups in total. The number of dihydropyridines is 1. The molecule has 5 nitrogen and oxygen atoms in total. The third-order valence-corrected chi connectivity index (χ3v) is 4.76. The maximum absolute atomic E-state index is 13.4. The molecule has 0 bridgehead atoms. The van der Waals surface area contributed by atoms with Crippen molar-refractivity contribution >= 4 is 29.4 Å². The second kappa shape index (κ2) is 9.59. The van der Waals surface area contributed by atoms with Gasteiger partial charge in [0.2, 0.25) is 5.91 Å². The molecule has 1 heterocycles. The fourth-order valence-electron chi connectivity index (χ4n) is 3.23. The maximum atomic E-state index is 13.4. The molecule has 2 amide bonds. The number of hydrogen-bond donors (Lipinski definition) is 2. The molecular formula is C23H22F3N3O2. The number of rotatable bonds is 7. The van der Waals surface area contributed by atoms with Gasteiger partial charge in [0.1, 0.15) is 0 Å². The number of nitrogens with zero attached hydrogens (tertiary/aromatic N) is 1. The van der Waals surface area contributed by atoms with Crippen LogP contribution in [0.3, 0.4) is 0 Å². The first kappa shape index (κ1) is 22.3. The van der Waals surface area contributed by atoms with Crippen LogP contribution in [0.25, 0.3) is 0 Å². The molecule has 0 aliphatic carbocycles. The number of amides is 2. The van der Waals surface area contributed by atoms with Crippen LogP contribution in [0.5, 0.6) is 0 Å². The number of alkyl halides is 3. The third-order valence-electron chi connectivity index (χ3n) is 4.76. The van der Waals surface area contributed by atoms with Gasteiger partial charge in [-0.25, -0.2) is 4.99 Å². The lowest BCUT2D eigenvalue weighted by atomic mass is 10.0. The zero-order chi connectivity index (χ0) is 22.4. The van der Waals surface area contributed by atoms with Crippen molar-refractivity contribution in [2.75, 3.05) is 17.2 Å². The van der Waals surface area contributed by atoms with Crippen molar-refractivity contribution < 1.29 is 22.8 Å². The fourth-order valence-corrected chi connectivity index (χ4v) is 3.23. The first-order chi connectivity index (χ1) is 14.8. The highest BCUT2D eigenvalue weighted by Crippen LogP contribution is 2.34. The summed E-state index contributed by atoms with van der Waals surface area (Å²) < 4.78 is 40.3. The second-order valence-corrected chi connectivity index (χ2v) is 7.11. The molecule has 1 aliphatic rings. The van der Waals surface area contributed by atoms with Crippen LogP contribution in [0, 0.1) is 0 Å². The number of halogens is 3. The summed E-state index contributed by atoms with van der Waals surface area (Å²) in [6, 6.07) is 10.6. The molecule has 0 fully saturated rings. The van der Waals surface area contributed by atoms with Gasteiger partial charge in [0, 0.05) is 30.6 Å². The van der Waals surface area contributed by atoms with Crippen LogP contribution in [-0.2, 0) is 17.4 Å². The zero-order valence-corrected chi connectivity index (χ0v) is 16.9. The zero-order valence-electron chi connectivity index (χ0n) is 16.9. The van der Waals surface area contributed by atoms with Gasteiger partial charge in [-0.2, -0.15) is 13.2 Å². The van der Waals surface area contributed by atoms with Crippen molar-refractivity contribution in [1.29, 1.82) is 0 Å². The Labute approximate surface area is 178 Å². The van der Waals surface area contributed by atoms with Gasteiger partial charge >= 0.3 is 6.18 Å². The van der Waals surface area contributed by atoms with E-state index < -0.39 is 17.6 Å². The predicted molar refractivity (Wildman–Crippen MR) is 115 cm³/mol. The minimum Gasteiger partial charge on any atom is -0.380 e. The number of carbonyl (C=O) groups is 2. The van der Waals surface area contributed by atoms with E-state index >= 15 is 0 Å². The van der Waals surface area contributed by atoms with Crippen LogP contribution in [0.2, 0.25) is 0 Å². The molecule has 0 spiro atoms. The summed E-state index contributed by atoms with van der Waals surface area (Å²) in [6.45, 7) is 2.16. The van der Waals surface area contributed by atoms with E-state index in [1.807, 2.05) is 6.92 Å². The average molecular weight is 429 g/mol. The van der Waals surface area contributed by atoms with Gasteiger partial charge in [-0.3, -0.25) is 9.59 Å². The van der Waals surface area contributed by atoms with Gasteiger partial charge < -0.3 is 10.6 Å².